The Labute approximate surface area is 116 Å². The van der Waals surface area contributed by atoms with Crippen molar-refractivity contribution >= 4 is 10.8 Å². The van der Waals surface area contributed by atoms with Crippen LogP contribution in [-0.4, -0.2) is 13.1 Å². The van der Waals surface area contributed by atoms with E-state index < -0.39 is 0 Å². The molecular formula is C18H23N. The Bertz CT molecular complexity index is 556. The molecule has 1 aliphatic carbocycles. The second-order valence-electron chi connectivity index (χ2n) is 5.98. The molecule has 2 aromatic rings. The van der Waals surface area contributed by atoms with Crippen molar-refractivity contribution in [2.75, 3.05) is 7.05 Å². The molecule has 0 aliphatic heterocycles. The normalized spacial score (nSPS) is 18.4. The minimum absolute atomic E-state index is 0.605. The van der Waals surface area contributed by atoms with E-state index in [1.54, 1.807) is 0 Å². The monoisotopic (exact) mass is 253 g/mol. The van der Waals surface area contributed by atoms with Crippen LogP contribution in [0.5, 0.6) is 0 Å². The van der Waals surface area contributed by atoms with Crippen LogP contribution in [0, 0.1) is 11.8 Å². The van der Waals surface area contributed by atoms with E-state index in [0.717, 1.165) is 18.3 Å². The smallest absolute Gasteiger partial charge is 0.0133 e. The lowest BCUT2D eigenvalue weighted by molar-refractivity contribution is 0.358. The van der Waals surface area contributed by atoms with Gasteiger partial charge in [-0.2, -0.15) is 0 Å². The standard InChI is InChI=1S/C18H23N/c1-13(15-9-10-15)18(19-2)12-14-7-8-16-5-3-4-6-17(16)11-14/h3-8,11,13,15,18-19H,9-10,12H2,1-2H3. The van der Waals surface area contributed by atoms with Crippen LogP contribution in [0.25, 0.3) is 10.8 Å². The summed E-state index contributed by atoms with van der Waals surface area (Å²) in [7, 11) is 2.10. The number of benzene rings is 2. The van der Waals surface area contributed by atoms with Crippen molar-refractivity contribution in [3.8, 4) is 0 Å². The van der Waals surface area contributed by atoms with Crippen molar-refractivity contribution in [3.05, 3.63) is 48.0 Å². The largest absolute Gasteiger partial charge is 0.316 e. The van der Waals surface area contributed by atoms with Gasteiger partial charge in [0, 0.05) is 6.04 Å². The number of hydrogen-bond acceptors (Lipinski definition) is 1. The third-order valence-corrected chi connectivity index (χ3v) is 4.64. The van der Waals surface area contributed by atoms with Crippen molar-refractivity contribution in [1.82, 2.24) is 5.32 Å². The molecule has 2 atom stereocenters. The molecule has 0 radical (unpaired) electrons. The number of likely N-dealkylation sites (N-methyl/N-ethyl adjacent to an activating group) is 1. The van der Waals surface area contributed by atoms with Crippen molar-refractivity contribution in [2.45, 2.75) is 32.2 Å². The summed E-state index contributed by atoms with van der Waals surface area (Å²) in [5.74, 6) is 1.74. The van der Waals surface area contributed by atoms with Crippen LogP contribution >= 0.6 is 0 Å². The van der Waals surface area contributed by atoms with Crippen LogP contribution in [0.2, 0.25) is 0 Å². The zero-order valence-electron chi connectivity index (χ0n) is 11.9. The molecule has 2 unspecified atom stereocenters. The first-order valence-corrected chi connectivity index (χ1v) is 7.43. The van der Waals surface area contributed by atoms with Gasteiger partial charge in [0.15, 0.2) is 0 Å². The van der Waals surface area contributed by atoms with Gasteiger partial charge < -0.3 is 5.32 Å². The van der Waals surface area contributed by atoms with E-state index in [1.165, 1.54) is 29.2 Å². The lowest BCUT2D eigenvalue weighted by atomic mass is 9.90. The predicted octanol–water partition coefficient (Wildman–Crippen LogP) is 4.02. The summed E-state index contributed by atoms with van der Waals surface area (Å²) in [6, 6.07) is 16.1. The van der Waals surface area contributed by atoms with Crippen LogP contribution < -0.4 is 5.32 Å². The Morgan fingerprint density at radius 2 is 1.84 bits per heavy atom. The molecule has 1 nitrogen and oxygen atoms in total. The first-order chi connectivity index (χ1) is 9.28. The Morgan fingerprint density at radius 1 is 1.11 bits per heavy atom. The molecule has 100 valence electrons. The topological polar surface area (TPSA) is 12.0 Å². The summed E-state index contributed by atoms with van der Waals surface area (Å²) < 4.78 is 0. The van der Waals surface area contributed by atoms with E-state index in [0.29, 0.717) is 6.04 Å². The molecule has 1 saturated carbocycles. The molecule has 0 heterocycles. The summed E-state index contributed by atoms with van der Waals surface area (Å²) >= 11 is 0. The lowest BCUT2D eigenvalue weighted by Gasteiger charge is -2.23. The highest BCUT2D eigenvalue weighted by Crippen LogP contribution is 2.38. The van der Waals surface area contributed by atoms with Gasteiger partial charge in [0.2, 0.25) is 0 Å². The van der Waals surface area contributed by atoms with Crippen molar-refractivity contribution in [1.29, 1.82) is 0 Å². The van der Waals surface area contributed by atoms with E-state index in [4.69, 9.17) is 0 Å². The second-order valence-corrected chi connectivity index (χ2v) is 5.98. The molecule has 1 heteroatoms. The van der Waals surface area contributed by atoms with Gasteiger partial charge in [-0.25, -0.2) is 0 Å². The molecule has 0 bridgehead atoms. The molecule has 0 amide bonds. The van der Waals surface area contributed by atoms with Crippen LogP contribution in [0.15, 0.2) is 42.5 Å². The zero-order chi connectivity index (χ0) is 13.2. The van der Waals surface area contributed by atoms with Crippen molar-refractivity contribution in [2.24, 2.45) is 11.8 Å². The van der Waals surface area contributed by atoms with Gasteiger partial charge in [0.25, 0.3) is 0 Å². The molecule has 1 aliphatic rings. The van der Waals surface area contributed by atoms with Crippen LogP contribution in [0.4, 0.5) is 0 Å². The first-order valence-electron chi connectivity index (χ1n) is 7.43. The van der Waals surface area contributed by atoms with Gasteiger partial charge in [0.05, 0.1) is 0 Å². The Hall–Kier alpha value is -1.34. The second kappa shape index (κ2) is 5.34. The molecule has 3 rings (SSSR count). The SMILES string of the molecule is CNC(Cc1ccc2ccccc2c1)C(C)C1CC1. The molecule has 1 fully saturated rings. The van der Waals surface area contributed by atoms with E-state index in [-0.39, 0.29) is 0 Å². The maximum atomic E-state index is 3.52. The van der Waals surface area contributed by atoms with Crippen LogP contribution in [0.1, 0.15) is 25.3 Å². The average molecular weight is 253 g/mol. The fraction of sp³-hybridized carbons (Fsp3) is 0.444. The van der Waals surface area contributed by atoms with Crippen molar-refractivity contribution < 1.29 is 0 Å². The van der Waals surface area contributed by atoms with Gasteiger partial charge in [-0.15, -0.1) is 0 Å². The fourth-order valence-electron chi connectivity index (χ4n) is 3.12. The molecule has 2 aromatic carbocycles. The highest BCUT2D eigenvalue weighted by Gasteiger charge is 2.32. The lowest BCUT2D eigenvalue weighted by Crippen LogP contribution is -2.35. The minimum atomic E-state index is 0.605. The highest BCUT2D eigenvalue weighted by atomic mass is 14.9. The summed E-state index contributed by atoms with van der Waals surface area (Å²) in [6.07, 6.45) is 3.99. The third kappa shape index (κ3) is 2.82. The van der Waals surface area contributed by atoms with E-state index >= 15 is 0 Å². The molecule has 1 N–H and O–H groups in total. The summed E-state index contributed by atoms with van der Waals surface area (Å²) in [5, 5.41) is 6.21. The predicted molar refractivity (Wildman–Crippen MR) is 82.4 cm³/mol. The molecule has 0 spiro atoms. The van der Waals surface area contributed by atoms with E-state index in [2.05, 4.69) is 61.8 Å². The summed E-state index contributed by atoms with van der Waals surface area (Å²) in [5.41, 5.74) is 1.45. The molecule has 19 heavy (non-hydrogen) atoms. The van der Waals surface area contributed by atoms with Gasteiger partial charge in [-0.05, 0) is 54.5 Å². The third-order valence-electron chi connectivity index (χ3n) is 4.64. The van der Waals surface area contributed by atoms with E-state index in [1.807, 2.05) is 0 Å². The number of hydrogen-bond donors (Lipinski definition) is 1. The van der Waals surface area contributed by atoms with Gasteiger partial charge in [-0.1, -0.05) is 49.4 Å². The van der Waals surface area contributed by atoms with Crippen LogP contribution in [0.3, 0.4) is 0 Å². The average Bonchev–Trinajstić information content (AvgIpc) is 3.28. The van der Waals surface area contributed by atoms with E-state index in [9.17, 15) is 0 Å². The molecule has 0 aromatic heterocycles. The summed E-state index contributed by atoms with van der Waals surface area (Å²) in [4.78, 5) is 0. The fourth-order valence-corrected chi connectivity index (χ4v) is 3.12. The van der Waals surface area contributed by atoms with Gasteiger partial charge in [0.1, 0.15) is 0 Å². The Kier molecular flexibility index (Phi) is 3.56. The Balaban J connectivity index is 1.79. The quantitative estimate of drug-likeness (QED) is 0.848. The van der Waals surface area contributed by atoms with Gasteiger partial charge in [-0.3, -0.25) is 0 Å². The Morgan fingerprint density at radius 3 is 2.53 bits per heavy atom. The highest BCUT2D eigenvalue weighted by molar-refractivity contribution is 5.82. The van der Waals surface area contributed by atoms with Crippen molar-refractivity contribution in [3.63, 3.8) is 0 Å². The maximum Gasteiger partial charge on any atom is 0.0133 e. The molecule has 0 saturated heterocycles. The number of fused-ring (bicyclic) bond motifs is 1. The minimum Gasteiger partial charge on any atom is -0.316 e. The molecular weight excluding hydrogens is 230 g/mol. The summed E-state index contributed by atoms with van der Waals surface area (Å²) in [6.45, 7) is 2.40. The number of rotatable bonds is 5. The number of nitrogens with one attached hydrogen (secondary N) is 1. The van der Waals surface area contributed by atoms with Gasteiger partial charge >= 0.3 is 0 Å². The first kappa shape index (κ1) is 12.7. The zero-order valence-corrected chi connectivity index (χ0v) is 11.9. The van der Waals surface area contributed by atoms with Crippen LogP contribution in [-0.2, 0) is 6.42 Å². The maximum absolute atomic E-state index is 3.52.